The Kier molecular flexibility index (Phi) is 6.81. The Hall–Kier alpha value is -3.23. The average Bonchev–Trinajstić information content (AvgIpc) is 2.74. The Morgan fingerprint density at radius 1 is 0.967 bits per heavy atom. The maximum Gasteiger partial charge on any atom is 0.242 e. The molecular formula is C22H21FN2O4S. The summed E-state index contributed by atoms with van der Waals surface area (Å²) in [4.78, 5) is 12.8. The lowest BCUT2D eigenvalue weighted by Crippen LogP contribution is -2.45. The van der Waals surface area contributed by atoms with Gasteiger partial charge in [0.2, 0.25) is 15.9 Å². The van der Waals surface area contributed by atoms with Gasteiger partial charge in [0.25, 0.3) is 0 Å². The molecule has 2 N–H and O–H groups in total. The summed E-state index contributed by atoms with van der Waals surface area (Å²) in [5.41, 5.74) is 1.29. The predicted octanol–water partition coefficient (Wildman–Crippen LogP) is 3.36. The number of methoxy groups -OCH3 is 1. The van der Waals surface area contributed by atoms with Crippen molar-refractivity contribution in [3.8, 4) is 5.75 Å². The molecule has 0 aliphatic rings. The number of nitrogens with one attached hydrogen (secondary N) is 2. The van der Waals surface area contributed by atoms with Crippen LogP contribution in [-0.2, 0) is 21.2 Å². The number of ether oxygens (including phenoxy) is 1. The summed E-state index contributed by atoms with van der Waals surface area (Å²) in [5.74, 6) is -0.437. The Balaban J connectivity index is 1.83. The lowest BCUT2D eigenvalue weighted by atomic mass is 10.1. The number of carbonyl (C=O) groups excluding carboxylic acids is 1. The zero-order chi connectivity index (χ0) is 21.6. The highest BCUT2D eigenvalue weighted by Gasteiger charge is 2.26. The van der Waals surface area contributed by atoms with Crippen LogP contribution in [0.3, 0.4) is 0 Å². The fourth-order valence-corrected chi connectivity index (χ4v) is 4.01. The molecule has 3 rings (SSSR count). The van der Waals surface area contributed by atoms with Gasteiger partial charge in [0.05, 0.1) is 12.0 Å². The predicted molar refractivity (Wildman–Crippen MR) is 112 cm³/mol. The molecule has 0 fully saturated rings. The third-order valence-electron chi connectivity index (χ3n) is 4.38. The van der Waals surface area contributed by atoms with Crippen molar-refractivity contribution in [1.29, 1.82) is 0 Å². The molecule has 0 aliphatic heterocycles. The maximum atomic E-state index is 13.2. The van der Waals surface area contributed by atoms with E-state index in [9.17, 15) is 17.6 Å². The zero-order valence-electron chi connectivity index (χ0n) is 16.2. The van der Waals surface area contributed by atoms with Crippen molar-refractivity contribution in [2.24, 2.45) is 0 Å². The molecule has 0 spiro atoms. The first-order valence-corrected chi connectivity index (χ1v) is 10.6. The van der Waals surface area contributed by atoms with Gasteiger partial charge < -0.3 is 10.1 Å². The van der Waals surface area contributed by atoms with Crippen LogP contribution in [0.2, 0.25) is 0 Å². The van der Waals surface area contributed by atoms with Crippen molar-refractivity contribution in [3.63, 3.8) is 0 Å². The number of hydrogen-bond donors (Lipinski definition) is 2. The molecule has 0 saturated carbocycles. The summed E-state index contributed by atoms with van der Waals surface area (Å²) in [6, 6.07) is 19.1. The number of sulfonamides is 1. The van der Waals surface area contributed by atoms with Gasteiger partial charge in [0.15, 0.2) is 0 Å². The third kappa shape index (κ3) is 5.65. The molecule has 156 valence electrons. The topological polar surface area (TPSA) is 84.5 Å². The van der Waals surface area contributed by atoms with Crippen molar-refractivity contribution >= 4 is 21.6 Å². The molecule has 1 amide bonds. The molecule has 0 bridgehead atoms. The summed E-state index contributed by atoms with van der Waals surface area (Å²) in [6.07, 6.45) is 0.142. The van der Waals surface area contributed by atoms with Gasteiger partial charge in [0.1, 0.15) is 17.6 Å². The number of amides is 1. The first-order chi connectivity index (χ1) is 14.4. The van der Waals surface area contributed by atoms with Gasteiger partial charge in [-0.25, -0.2) is 12.8 Å². The molecule has 30 heavy (non-hydrogen) atoms. The molecule has 3 aromatic rings. The van der Waals surface area contributed by atoms with E-state index in [0.717, 1.165) is 29.8 Å². The summed E-state index contributed by atoms with van der Waals surface area (Å²) in [7, 11) is -2.51. The van der Waals surface area contributed by atoms with Crippen molar-refractivity contribution in [1.82, 2.24) is 4.72 Å². The largest absolute Gasteiger partial charge is 0.497 e. The van der Waals surface area contributed by atoms with Crippen molar-refractivity contribution < 1.29 is 22.3 Å². The van der Waals surface area contributed by atoms with Crippen LogP contribution >= 0.6 is 0 Å². The molecule has 3 aromatic carbocycles. The van der Waals surface area contributed by atoms with Crippen LogP contribution < -0.4 is 14.8 Å². The number of rotatable bonds is 8. The Morgan fingerprint density at radius 3 is 2.20 bits per heavy atom. The van der Waals surface area contributed by atoms with E-state index in [1.165, 1.54) is 7.11 Å². The van der Waals surface area contributed by atoms with Crippen LogP contribution in [0.4, 0.5) is 10.1 Å². The minimum atomic E-state index is -4.04. The van der Waals surface area contributed by atoms with Gasteiger partial charge in [0, 0.05) is 5.69 Å². The maximum absolute atomic E-state index is 13.2. The van der Waals surface area contributed by atoms with E-state index < -0.39 is 27.8 Å². The average molecular weight is 428 g/mol. The molecule has 0 radical (unpaired) electrons. The van der Waals surface area contributed by atoms with E-state index in [0.29, 0.717) is 11.4 Å². The summed E-state index contributed by atoms with van der Waals surface area (Å²) < 4.78 is 46.2. The number of carbonyl (C=O) groups is 1. The van der Waals surface area contributed by atoms with Gasteiger partial charge in [-0.2, -0.15) is 4.72 Å². The summed E-state index contributed by atoms with van der Waals surface area (Å²) in [5, 5.41) is 2.72. The van der Waals surface area contributed by atoms with Gasteiger partial charge in [-0.15, -0.1) is 0 Å². The summed E-state index contributed by atoms with van der Waals surface area (Å²) in [6.45, 7) is 0. The standard InChI is InChI=1S/C22H21FN2O4S/c1-29-19-11-9-18(10-12-19)24-22(26)21(15-16-5-3-2-4-6-16)25-30(27,28)20-13-7-17(23)8-14-20/h2-14,21,25H,15H2,1H3,(H,24,26). The normalized spacial score (nSPS) is 12.2. The van der Waals surface area contributed by atoms with E-state index in [4.69, 9.17) is 4.74 Å². The highest BCUT2D eigenvalue weighted by atomic mass is 32.2. The molecule has 1 atom stereocenters. The van der Waals surface area contributed by atoms with Gasteiger partial charge in [-0.05, 0) is 60.5 Å². The highest BCUT2D eigenvalue weighted by Crippen LogP contribution is 2.17. The Bertz CT molecular complexity index is 1090. The quantitative estimate of drug-likeness (QED) is 0.576. The van der Waals surface area contributed by atoms with Crippen LogP contribution in [0.15, 0.2) is 83.8 Å². The molecule has 0 heterocycles. The van der Waals surface area contributed by atoms with Crippen LogP contribution in [0, 0.1) is 5.82 Å². The van der Waals surface area contributed by atoms with E-state index in [1.807, 2.05) is 18.2 Å². The van der Waals surface area contributed by atoms with Crippen LogP contribution in [0.5, 0.6) is 5.75 Å². The molecule has 0 aromatic heterocycles. The minimum Gasteiger partial charge on any atom is -0.497 e. The fourth-order valence-electron chi connectivity index (χ4n) is 2.81. The van der Waals surface area contributed by atoms with Crippen molar-refractivity contribution in [2.75, 3.05) is 12.4 Å². The zero-order valence-corrected chi connectivity index (χ0v) is 17.0. The van der Waals surface area contributed by atoms with E-state index in [1.54, 1.807) is 36.4 Å². The molecule has 6 nitrogen and oxygen atoms in total. The van der Waals surface area contributed by atoms with Gasteiger partial charge >= 0.3 is 0 Å². The minimum absolute atomic E-state index is 0.126. The van der Waals surface area contributed by atoms with Crippen molar-refractivity contribution in [2.45, 2.75) is 17.4 Å². The monoisotopic (exact) mass is 428 g/mol. The molecule has 8 heteroatoms. The second kappa shape index (κ2) is 9.51. The molecule has 0 aliphatic carbocycles. The second-order valence-corrected chi connectivity index (χ2v) is 8.25. The Labute approximate surface area is 174 Å². The molecular weight excluding hydrogens is 407 g/mol. The van der Waals surface area contributed by atoms with E-state index in [2.05, 4.69) is 10.0 Å². The first-order valence-electron chi connectivity index (χ1n) is 9.14. The van der Waals surface area contributed by atoms with E-state index >= 15 is 0 Å². The molecule has 1 unspecified atom stereocenters. The molecule has 0 saturated heterocycles. The highest BCUT2D eigenvalue weighted by molar-refractivity contribution is 7.89. The smallest absolute Gasteiger partial charge is 0.242 e. The fraction of sp³-hybridized carbons (Fsp3) is 0.136. The van der Waals surface area contributed by atoms with Crippen LogP contribution in [0.1, 0.15) is 5.56 Å². The van der Waals surface area contributed by atoms with Gasteiger partial charge in [-0.3, -0.25) is 4.79 Å². The van der Waals surface area contributed by atoms with Crippen molar-refractivity contribution in [3.05, 3.63) is 90.2 Å². The SMILES string of the molecule is COc1ccc(NC(=O)C(Cc2ccccc2)NS(=O)(=O)c2ccc(F)cc2)cc1. The first kappa shape index (κ1) is 21.5. The summed E-state index contributed by atoms with van der Waals surface area (Å²) >= 11 is 0. The van der Waals surface area contributed by atoms with E-state index in [-0.39, 0.29) is 11.3 Å². The lowest BCUT2D eigenvalue weighted by molar-refractivity contribution is -0.117. The Morgan fingerprint density at radius 2 is 1.60 bits per heavy atom. The van der Waals surface area contributed by atoms with Crippen LogP contribution in [0.25, 0.3) is 0 Å². The van der Waals surface area contributed by atoms with Crippen LogP contribution in [-0.4, -0.2) is 27.5 Å². The third-order valence-corrected chi connectivity index (χ3v) is 5.87. The number of halogens is 1. The lowest BCUT2D eigenvalue weighted by Gasteiger charge is -2.19. The number of benzene rings is 3. The number of hydrogen-bond acceptors (Lipinski definition) is 4. The number of anilines is 1. The van der Waals surface area contributed by atoms with Gasteiger partial charge in [-0.1, -0.05) is 30.3 Å². The second-order valence-electron chi connectivity index (χ2n) is 6.54.